The number of nitrogens with zero attached hydrogens (tertiary/aromatic N) is 4. The summed E-state index contributed by atoms with van der Waals surface area (Å²) in [5.41, 5.74) is 8.12. The summed E-state index contributed by atoms with van der Waals surface area (Å²) < 4.78 is 1.47. The van der Waals surface area contributed by atoms with Gasteiger partial charge >= 0.3 is 0 Å². The number of fused-ring (bicyclic) bond motifs is 2. The number of carbonyl (C=O) groups excluding carboxylic acids is 2. The number of anilines is 1. The molecule has 1 aliphatic rings. The van der Waals surface area contributed by atoms with E-state index < -0.39 is 17.4 Å². The SMILES string of the molecule is Cc1ccccc1-c1nc2s/c(=C3/C(=O)N(CC(N)=O)c4ccccc43)c(=O)n2n1. The quantitative estimate of drug-likeness (QED) is 0.532. The molecule has 0 saturated heterocycles. The second-order valence-corrected chi connectivity index (χ2v) is 7.91. The Balaban J connectivity index is 1.73. The number of para-hydroxylation sites is 1. The molecule has 2 aromatic heterocycles. The van der Waals surface area contributed by atoms with Crippen LogP contribution in [0.1, 0.15) is 11.1 Å². The molecule has 9 heteroatoms. The van der Waals surface area contributed by atoms with Gasteiger partial charge in [-0.1, -0.05) is 53.8 Å². The molecule has 148 valence electrons. The summed E-state index contributed by atoms with van der Waals surface area (Å²) in [6, 6.07) is 14.7. The van der Waals surface area contributed by atoms with Gasteiger partial charge in [0, 0.05) is 11.1 Å². The van der Waals surface area contributed by atoms with E-state index in [2.05, 4.69) is 10.1 Å². The molecule has 2 aromatic carbocycles. The number of aryl methyl sites for hydroxylation is 1. The molecule has 0 bridgehead atoms. The maximum absolute atomic E-state index is 13.1. The zero-order valence-corrected chi connectivity index (χ0v) is 16.6. The van der Waals surface area contributed by atoms with E-state index in [1.807, 2.05) is 31.2 Å². The van der Waals surface area contributed by atoms with Crippen LogP contribution in [0.4, 0.5) is 5.69 Å². The van der Waals surface area contributed by atoms with Gasteiger partial charge < -0.3 is 5.73 Å². The van der Waals surface area contributed by atoms with Crippen molar-refractivity contribution >= 4 is 39.4 Å². The molecule has 5 rings (SSSR count). The van der Waals surface area contributed by atoms with E-state index in [4.69, 9.17) is 5.73 Å². The summed E-state index contributed by atoms with van der Waals surface area (Å²) in [6.45, 7) is 1.69. The normalized spacial score (nSPS) is 15.1. The van der Waals surface area contributed by atoms with E-state index in [9.17, 15) is 14.4 Å². The first-order valence-corrected chi connectivity index (χ1v) is 9.97. The van der Waals surface area contributed by atoms with Crippen molar-refractivity contribution in [2.45, 2.75) is 6.92 Å². The van der Waals surface area contributed by atoms with E-state index >= 15 is 0 Å². The Bertz CT molecular complexity index is 1470. The number of hydrogen-bond acceptors (Lipinski definition) is 6. The molecule has 0 unspecified atom stereocenters. The number of nitrogens with two attached hydrogens (primary N) is 1. The summed E-state index contributed by atoms with van der Waals surface area (Å²) in [5.74, 6) is -0.607. The second kappa shape index (κ2) is 6.60. The van der Waals surface area contributed by atoms with Gasteiger partial charge in [0.15, 0.2) is 5.82 Å². The number of aromatic nitrogens is 3. The minimum atomic E-state index is -0.632. The first-order chi connectivity index (χ1) is 14.5. The third-order valence-electron chi connectivity index (χ3n) is 5.01. The number of hydrogen-bond donors (Lipinski definition) is 1. The van der Waals surface area contributed by atoms with E-state index in [1.54, 1.807) is 24.3 Å². The topological polar surface area (TPSA) is 111 Å². The minimum absolute atomic E-state index is 0.241. The Morgan fingerprint density at radius 3 is 2.47 bits per heavy atom. The molecule has 0 atom stereocenters. The van der Waals surface area contributed by atoms with Gasteiger partial charge in [-0.15, -0.1) is 5.10 Å². The van der Waals surface area contributed by atoms with Crippen molar-refractivity contribution in [3.05, 3.63) is 74.5 Å². The van der Waals surface area contributed by atoms with Crippen LogP contribution in [0, 0.1) is 6.92 Å². The molecule has 1 aliphatic heterocycles. The Hall–Kier alpha value is -3.85. The van der Waals surface area contributed by atoms with Crippen molar-refractivity contribution in [3.8, 4) is 11.4 Å². The third kappa shape index (κ3) is 2.63. The lowest BCUT2D eigenvalue weighted by molar-refractivity contribution is -0.119. The van der Waals surface area contributed by atoms with Crippen LogP contribution in [-0.2, 0) is 9.59 Å². The lowest BCUT2D eigenvalue weighted by Crippen LogP contribution is -2.37. The van der Waals surface area contributed by atoms with Gasteiger partial charge in [0.25, 0.3) is 11.5 Å². The average Bonchev–Trinajstić information content (AvgIpc) is 3.34. The molecule has 2 N–H and O–H groups in total. The van der Waals surface area contributed by atoms with Crippen molar-refractivity contribution < 1.29 is 9.59 Å². The van der Waals surface area contributed by atoms with Crippen molar-refractivity contribution in [1.29, 1.82) is 0 Å². The van der Waals surface area contributed by atoms with Gasteiger partial charge in [-0.3, -0.25) is 19.3 Å². The predicted octanol–water partition coefficient (Wildman–Crippen LogP) is 0.876. The first kappa shape index (κ1) is 18.2. The molecule has 8 nitrogen and oxygen atoms in total. The Labute approximate surface area is 173 Å². The summed E-state index contributed by atoms with van der Waals surface area (Å²) in [6.07, 6.45) is 0. The van der Waals surface area contributed by atoms with Crippen LogP contribution < -0.4 is 20.7 Å². The molecular formula is C21H15N5O3S. The monoisotopic (exact) mass is 417 g/mol. The van der Waals surface area contributed by atoms with Crippen molar-refractivity contribution in [1.82, 2.24) is 14.6 Å². The zero-order valence-electron chi connectivity index (χ0n) is 15.8. The summed E-state index contributed by atoms with van der Waals surface area (Å²) in [7, 11) is 0. The highest BCUT2D eigenvalue weighted by Crippen LogP contribution is 2.34. The summed E-state index contributed by atoms with van der Waals surface area (Å²) >= 11 is 1.11. The van der Waals surface area contributed by atoms with Crippen LogP contribution in [0.15, 0.2) is 53.3 Å². The molecule has 30 heavy (non-hydrogen) atoms. The van der Waals surface area contributed by atoms with Crippen LogP contribution in [0.25, 0.3) is 21.9 Å². The first-order valence-electron chi connectivity index (χ1n) is 9.15. The van der Waals surface area contributed by atoms with Crippen LogP contribution in [0.3, 0.4) is 0 Å². The van der Waals surface area contributed by atoms with Crippen LogP contribution in [0.2, 0.25) is 0 Å². The summed E-state index contributed by atoms with van der Waals surface area (Å²) in [4.78, 5) is 43.9. The molecule has 0 fully saturated rings. The number of carbonyl (C=O) groups is 2. The van der Waals surface area contributed by atoms with Gasteiger partial charge in [-0.25, -0.2) is 0 Å². The lowest BCUT2D eigenvalue weighted by Gasteiger charge is -2.14. The van der Waals surface area contributed by atoms with Crippen molar-refractivity contribution in [2.75, 3.05) is 11.4 Å². The number of primary amides is 1. The van der Waals surface area contributed by atoms with Gasteiger partial charge in [-0.05, 0) is 18.6 Å². The fourth-order valence-electron chi connectivity index (χ4n) is 3.64. The third-order valence-corrected chi connectivity index (χ3v) is 6.04. The highest BCUT2D eigenvalue weighted by Gasteiger charge is 2.35. The standard InChI is InChI=1S/C21H15N5O3S/c1-11-6-2-3-7-12(11)18-23-21-26(24-18)20(29)17(30-21)16-13-8-4-5-9-14(13)25(19(16)28)10-15(22)27/h2-9H,10H2,1H3,(H2,22,27)/b17-16+. The van der Waals surface area contributed by atoms with Crippen molar-refractivity contribution in [2.24, 2.45) is 5.73 Å². The lowest BCUT2D eigenvalue weighted by atomic mass is 10.1. The number of thiazole rings is 1. The van der Waals surface area contributed by atoms with Gasteiger partial charge in [-0.2, -0.15) is 9.50 Å². The molecule has 0 spiro atoms. The van der Waals surface area contributed by atoms with Crippen LogP contribution in [-0.4, -0.2) is 33.0 Å². The van der Waals surface area contributed by atoms with Gasteiger partial charge in [0.2, 0.25) is 10.9 Å². The van der Waals surface area contributed by atoms with Crippen molar-refractivity contribution in [3.63, 3.8) is 0 Å². The number of rotatable bonds is 3. The van der Waals surface area contributed by atoms with Crippen LogP contribution >= 0.6 is 11.3 Å². The van der Waals surface area contributed by atoms with E-state index in [-0.39, 0.29) is 16.7 Å². The molecular weight excluding hydrogens is 402 g/mol. The van der Waals surface area contributed by atoms with E-state index in [1.165, 1.54) is 9.42 Å². The largest absolute Gasteiger partial charge is 0.368 e. The molecule has 0 radical (unpaired) electrons. The fourth-order valence-corrected chi connectivity index (χ4v) is 4.63. The highest BCUT2D eigenvalue weighted by molar-refractivity contribution is 7.15. The smallest absolute Gasteiger partial charge is 0.291 e. The average molecular weight is 417 g/mol. The molecule has 2 amide bonds. The van der Waals surface area contributed by atoms with Gasteiger partial charge in [0.1, 0.15) is 11.1 Å². The Morgan fingerprint density at radius 1 is 1.07 bits per heavy atom. The number of amides is 2. The number of benzene rings is 2. The minimum Gasteiger partial charge on any atom is -0.368 e. The van der Waals surface area contributed by atoms with Gasteiger partial charge in [0.05, 0.1) is 11.3 Å². The zero-order chi connectivity index (χ0) is 21.0. The fraction of sp³-hybridized carbons (Fsp3) is 0.0952. The van der Waals surface area contributed by atoms with Crippen LogP contribution in [0.5, 0.6) is 0 Å². The maximum Gasteiger partial charge on any atom is 0.291 e. The molecule has 0 saturated carbocycles. The molecule has 0 aliphatic carbocycles. The second-order valence-electron chi connectivity index (χ2n) is 6.93. The van der Waals surface area contributed by atoms with E-state index in [0.717, 1.165) is 22.5 Å². The summed E-state index contributed by atoms with van der Waals surface area (Å²) in [5, 5.41) is 4.37. The maximum atomic E-state index is 13.1. The Morgan fingerprint density at radius 2 is 1.77 bits per heavy atom. The highest BCUT2D eigenvalue weighted by atomic mass is 32.1. The molecule has 3 heterocycles. The molecule has 4 aromatic rings. The predicted molar refractivity (Wildman–Crippen MR) is 113 cm³/mol. The Kier molecular flexibility index (Phi) is 4.00. The van der Waals surface area contributed by atoms with E-state index in [0.29, 0.717) is 22.0 Å².